The highest BCUT2D eigenvalue weighted by Gasteiger charge is 2.69. The molecule has 0 radical (unpaired) electrons. The fourth-order valence-corrected chi connectivity index (χ4v) is 6.96. The van der Waals surface area contributed by atoms with Gasteiger partial charge in [-0.25, -0.2) is 0 Å². The fourth-order valence-electron chi connectivity index (χ4n) is 6.96. The summed E-state index contributed by atoms with van der Waals surface area (Å²) in [5.74, 6) is -2.23. The molecule has 0 aromatic rings. The van der Waals surface area contributed by atoms with E-state index in [-0.39, 0.29) is 45.6 Å². The molecule has 4 rings (SSSR count). The molecule has 0 saturated heterocycles. The Morgan fingerprint density at radius 2 is 1.27 bits per heavy atom. The van der Waals surface area contributed by atoms with E-state index in [0.717, 1.165) is 25.7 Å². The number of ketones is 2. The number of esters is 1. The van der Waals surface area contributed by atoms with E-state index in [9.17, 15) is 19.2 Å². The monoisotopic (exact) mass is 420 g/mol. The molecule has 4 fully saturated rings. The minimum atomic E-state index is -0.934. The van der Waals surface area contributed by atoms with Crippen molar-refractivity contribution in [3.05, 3.63) is 0 Å². The first-order chi connectivity index (χ1) is 13.7. The Labute approximate surface area is 179 Å². The van der Waals surface area contributed by atoms with E-state index in [1.54, 1.807) is 6.92 Å². The maximum Gasteiger partial charge on any atom is 0.316 e. The Morgan fingerprint density at radius 3 is 1.53 bits per heavy atom. The number of carbonyl (C=O) groups excluding carboxylic acids is 3. The van der Waals surface area contributed by atoms with Crippen molar-refractivity contribution in [2.24, 2.45) is 45.3 Å². The van der Waals surface area contributed by atoms with Crippen molar-refractivity contribution in [3.63, 3.8) is 0 Å². The van der Waals surface area contributed by atoms with Gasteiger partial charge in [-0.05, 0) is 55.3 Å². The van der Waals surface area contributed by atoms with Crippen molar-refractivity contribution < 1.29 is 29.0 Å². The second-order valence-corrected chi connectivity index (χ2v) is 11.2. The molecular weight excluding hydrogens is 384 g/mol. The Balaban J connectivity index is 0.000000172. The van der Waals surface area contributed by atoms with E-state index >= 15 is 0 Å². The normalized spacial score (nSPS) is 42.1. The molecule has 0 heterocycles. The first kappa shape index (κ1) is 23.0. The molecule has 0 aromatic heterocycles. The average molecular weight is 421 g/mol. The summed E-state index contributed by atoms with van der Waals surface area (Å²) in [5.41, 5.74) is -0.940. The van der Waals surface area contributed by atoms with Gasteiger partial charge in [0.1, 0.15) is 11.8 Å². The number of hydrogen-bond donors (Lipinski definition) is 1. The summed E-state index contributed by atoms with van der Waals surface area (Å²) in [6.45, 7) is 14.4. The predicted molar refractivity (Wildman–Crippen MR) is 110 cm³/mol. The zero-order chi connectivity index (χ0) is 22.9. The van der Waals surface area contributed by atoms with Crippen molar-refractivity contribution in [3.8, 4) is 0 Å². The van der Waals surface area contributed by atoms with Gasteiger partial charge in [0.2, 0.25) is 0 Å². The zero-order valence-corrected chi connectivity index (χ0v) is 19.3. The lowest BCUT2D eigenvalue weighted by atomic mass is 9.70. The topological polar surface area (TPSA) is 97.7 Å². The predicted octanol–water partition coefficient (Wildman–Crippen LogP) is 3.90. The Hall–Kier alpha value is -1.72. The number of ether oxygens (including phenoxy) is 1. The minimum absolute atomic E-state index is 0.0394. The molecule has 1 N–H and O–H groups in total. The van der Waals surface area contributed by atoms with Gasteiger partial charge in [0.15, 0.2) is 11.6 Å². The van der Waals surface area contributed by atoms with Crippen LogP contribution in [-0.4, -0.2) is 35.2 Å². The molecule has 6 unspecified atom stereocenters. The third-order valence-corrected chi connectivity index (χ3v) is 9.87. The number of hydrogen-bond acceptors (Lipinski definition) is 5. The lowest BCUT2D eigenvalue weighted by molar-refractivity contribution is -0.154. The van der Waals surface area contributed by atoms with Crippen molar-refractivity contribution in [1.82, 2.24) is 0 Å². The van der Waals surface area contributed by atoms with Gasteiger partial charge in [-0.1, -0.05) is 41.5 Å². The van der Waals surface area contributed by atoms with Crippen LogP contribution in [0.25, 0.3) is 0 Å². The first-order valence-electron chi connectivity index (χ1n) is 11.2. The molecule has 0 aromatic carbocycles. The molecule has 30 heavy (non-hydrogen) atoms. The van der Waals surface area contributed by atoms with Crippen LogP contribution >= 0.6 is 0 Å². The van der Waals surface area contributed by atoms with E-state index in [0.29, 0.717) is 6.61 Å². The van der Waals surface area contributed by atoms with Gasteiger partial charge >= 0.3 is 11.9 Å². The summed E-state index contributed by atoms with van der Waals surface area (Å²) < 4.78 is 5.03. The van der Waals surface area contributed by atoms with Gasteiger partial charge < -0.3 is 9.84 Å². The van der Waals surface area contributed by atoms with E-state index in [2.05, 4.69) is 13.8 Å². The molecule has 6 nitrogen and oxygen atoms in total. The molecule has 168 valence electrons. The maximum atomic E-state index is 12.3. The lowest BCUT2D eigenvalue weighted by Gasteiger charge is -2.32. The second kappa shape index (κ2) is 6.89. The number of carbonyl (C=O) groups is 4. The van der Waals surface area contributed by atoms with Gasteiger partial charge in [0.05, 0.1) is 6.61 Å². The number of fused-ring (bicyclic) bond motifs is 4. The second-order valence-electron chi connectivity index (χ2n) is 11.2. The number of carboxylic acids is 1. The van der Waals surface area contributed by atoms with Crippen molar-refractivity contribution >= 4 is 23.5 Å². The largest absolute Gasteiger partial charge is 0.481 e. The molecule has 4 saturated carbocycles. The molecule has 4 aliphatic rings. The highest BCUT2D eigenvalue weighted by molar-refractivity contribution is 6.06. The number of carboxylic acid groups (broad SMARTS) is 1. The Kier molecular flexibility index (Phi) is 5.27. The van der Waals surface area contributed by atoms with Gasteiger partial charge in [-0.2, -0.15) is 0 Å². The third kappa shape index (κ3) is 2.67. The van der Waals surface area contributed by atoms with Gasteiger partial charge in [-0.3, -0.25) is 19.2 Å². The lowest BCUT2D eigenvalue weighted by Crippen LogP contribution is -2.36. The zero-order valence-electron chi connectivity index (χ0n) is 19.3. The number of rotatable bonds is 3. The first-order valence-corrected chi connectivity index (χ1v) is 11.2. The Bertz CT molecular complexity index is 796. The highest BCUT2D eigenvalue weighted by Crippen LogP contribution is 2.66. The summed E-state index contributed by atoms with van der Waals surface area (Å²) in [4.78, 5) is 47.1. The molecule has 4 bridgehead atoms. The molecular formula is C24H36O6. The highest BCUT2D eigenvalue weighted by atomic mass is 16.5. The molecule has 6 heteroatoms. The van der Waals surface area contributed by atoms with E-state index < -0.39 is 23.2 Å². The quantitative estimate of drug-likeness (QED) is 0.549. The standard InChI is InChI=1S/C13H20O3.C11H16O3/c1-5-16-11(15)9-8-6-7-13(4,10(9)14)12(8,2)3;1-10(2)6-4-5-11(10,3)8(12)7(6)9(13)14/h8-9H,5-7H2,1-4H3;6-7H,4-5H2,1-3H3,(H,13,14). The van der Waals surface area contributed by atoms with Crippen LogP contribution in [0.15, 0.2) is 0 Å². The summed E-state index contributed by atoms with van der Waals surface area (Å²) >= 11 is 0. The van der Waals surface area contributed by atoms with Crippen molar-refractivity contribution in [2.75, 3.05) is 6.61 Å². The minimum Gasteiger partial charge on any atom is -0.481 e. The van der Waals surface area contributed by atoms with Crippen LogP contribution in [0, 0.1) is 45.3 Å². The smallest absolute Gasteiger partial charge is 0.316 e. The molecule has 0 aliphatic heterocycles. The van der Waals surface area contributed by atoms with Crippen molar-refractivity contribution in [2.45, 2.75) is 74.1 Å². The average Bonchev–Trinajstić information content (AvgIpc) is 3.12. The van der Waals surface area contributed by atoms with Crippen LogP contribution in [0.3, 0.4) is 0 Å². The summed E-state index contributed by atoms with van der Waals surface area (Å²) in [6, 6.07) is 0. The van der Waals surface area contributed by atoms with Crippen molar-refractivity contribution in [1.29, 1.82) is 0 Å². The molecule has 0 amide bonds. The van der Waals surface area contributed by atoms with Crippen LogP contribution in [0.1, 0.15) is 74.1 Å². The SMILES string of the molecule is CC12CCC(C(C(=O)O)C1=O)C2(C)C.CCOC(=O)C1C(=O)C2(C)CCC1C2(C)C. The number of aliphatic carboxylic acids is 1. The molecule has 6 atom stereocenters. The summed E-state index contributed by atoms with van der Waals surface area (Å²) in [5, 5.41) is 9.03. The maximum absolute atomic E-state index is 12.3. The van der Waals surface area contributed by atoms with E-state index in [1.165, 1.54) is 0 Å². The van der Waals surface area contributed by atoms with Crippen LogP contribution in [-0.2, 0) is 23.9 Å². The van der Waals surface area contributed by atoms with Gasteiger partial charge in [-0.15, -0.1) is 0 Å². The van der Waals surface area contributed by atoms with E-state index in [4.69, 9.17) is 9.84 Å². The fraction of sp³-hybridized carbons (Fsp3) is 0.833. The third-order valence-electron chi connectivity index (χ3n) is 9.87. The molecule has 4 aliphatic carbocycles. The summed E-state index contributed by atoms with van der Waals surface area (Å²) in [7, 11) is 0. The number of Topliss-reactive ketones (excluding diaryl/α,β-unsaturated/α-hetero) is 2. The van der Waals surface area contributed by atoms with Crippen LogP contribution in [0.4, 0.5) is 0 Å². The van der Waals surface area contributed by atoms with Crippen LogP contribution in [0.2, 0.25) is 0 Å². The van der Waals surface area contributed by atoms with Crippen LogP contribution in [0.5, 0.6) is 0 Å². The van der Waals surface area contributed by atoms with Crippen LogP contribution < -0.4 is 0 Å². The Morgan fingerprint density at radius 1 is 0.867 bits per heavy atom. The van der Waals surface area contributed by atoms with E-state index in [1.807, 2.05) is 27.7 Å². The van der Waals surface area contributed by atoms with Gasteiger partial charge in [0, 0.05) is 10.8 Å². The summed E-state index contributed by atoms with van der Waals surface area (Å²) in [6.07, 6.45) is 3.62. The molecule has 0 spiro atoms. The van der Waals surface area contributed by atoms with Gasteiger partial charge in [0.25, 0.3) is 0 Å².